The molecule has 2 aliphatic rings. The van der Waals surface area contributed by atoms with Gasteiger partial charge in [-0.25, -0.2) is 4.39 Å². The van der Waals surface area contributed by atoms with Crippen molar-refractivity contribution in [3.05, 3.63) is 101 Å². The van der Waals surface area contributed by atoms with Crippen LogP contribution in [0.1, 0.15) is 44.8 Å². The molecule has 0 saturated carbocycles. The lowest BCUT2D eigenvalue weighted by Gasteiger charge is -2.34. The van der Waals surface area contributed by atoms with Crippen molar-refractivity contribution in [1.29, 1.82) is 0 Å². The molecule has 3 heterocycles. The summed E-state index contributed by atoms with van der Waals surface area (Å²) in [6.45, 7) is 6.44. The lowest BCUT2D eigenvalue weighted by atomic mass is 10.0. The maximum atomic E-state index is 13.1. The fraction of sp³-hybridized carbons (Fsp3) is 0.387. The number of nitrogens with one attached hydrogen (secondary N) is 1. The highest BCUT2D eigenvalue weighted by Gasteiger charge is 2.24. The Balaban J connectivity index is 1.04. The van der Waals surface area contributed by atoms with Crippen molar-refractivity contribution >= 4 is 11.8 Å². The van der Waals surface area contributed by atoms with Gasteiger partial charge in [0, 0.05) is 64.6 Å². The Morgan fingerprint density at radius 2 is 1.54 bits per heavy atom. The average molecular weight is 530 g/mol. The third kappa shape index (κ3) is 7.49. The lowest BCUT2D eigenvalue weighted by molar-refractivity contribution is 0.0627. The minimum absolute atomic E-state index is 0.0706. The molecule has 7 nitrogen and oxygen atoms in total. The van der Waals surface area contributed by atoms with Gasteiger partial charge in [-0.3, -0.25) is 19.5 Å². The Labute approximate surface area is 229 Å². The van der Waals surface area contributed by atoms with E-state index in [0.29, 0.717) is 24.3 Å². The summed E-state index contributed by atoms with van der Waals surface area (Å²) in [4.78, 5) is 36.6. The highest BCUT2D eigenvalue weighted by Crippen LogP contribution is 2.14. The van der Waals surface area contributed by atoms with Crippen molar-refractivity contribution in [3.63, 3.8) is 0 Å². The van der Waals surface area contributed by atoms with Crippen molar-refractivity contribution in [2.45, 2.75) is 31.8 Å². The molecule has 8 heteroatoms. The van der Waals surface area contributed by atoms with Crippen molar-refractivity contribution in [2.75, 3.05) is 45.8 Å². The van der Waals surface area contributed by atoms with Crippen LogP contribution in [0.4, 0.5) is 4.39 Å². The second-order valence-electron chi connectivity index (χ2n) is 10.5. The normalized spacial score (nSPS) is 17.2. The molecule has 0 bridgehead atoms. The molecule has 2 aliphatic heterocycles. The number of piperidine rings is 1. The number of benzene rings is 2. The topological polar surface area (TPSA) is 68.8 Å². The second-order valence-corrected chi connectivity index (χ2v) is 10.5. The number of amides is 2. The zero-order valence-corrected chi connectivity index (χ0v) is 22.3. The molecule has 0 unspecified atom stereocenters. The Bertz CT molecular complexity index is 1220. The first-order valence-electron chi connectivity index (χ1n) is 13.8. The molecule has 2 aromatic carbocycles. The van der Waals surface area contributed by atoms with Crippen molar-refractivity contribution in [1.82, 2.24) is 25.0 Å². The summed E-state index contributed by atoms with van der Waals surface area (Å²) in [6.07, 6.45) is 4.39. The maximum absolute atomic E-state index is 13.1. The molecule has 2 fully saturated rings. The Morgan fingerprint density at radius 3 is 2.21 bits per heavy atom. The fourth-order valence-electron chi connectivity index (χ4n) is 5.29. The Kier molecular flexibility index (Phi) is 8.96. The fourth-order valence-corrected chi connectivity index (χ4v) is 5.29. The summed E-state index contributed by atoms with van der Waals surface area (Å²) < 4.78 is 13.1. The van der Waals surface area contributed by atoms with Gasteiger partial charge in [0.15, 0.2) is 0 Å². The van der Waals surface area contributed by atoms with Crippen LogP contribution in [0.3, 0.4) is 0 Å². The number of hydrogen-bond acceptors (Lipinski definition) is 5. The molecule has 5 rings (SSSR count). The second kappa shape index (κ2) is 13.0. The van der Waals surface area contributed by atoms with Crippen LogP contribution in [0, 0.1) is 5.82 Å². The van der Waals surface area contributed by atoms with Crippen LogP contribution in [0.5, 0.6) is 0 Å². The largest absolute Gasteiger partial charge is 0.348 e. The van der Waals surface area contributed by atoms with Gasteiger partial charge in [-0.05, 0) is 54.7 Å². The quantitative estimate of drug-likeness (QED) is 0.483. The average Bonchev–Trinajstić information content (AvgIpc) is 2.98. The van der Waals surface area contributed by atoms with Gasteiger partial charge < -0.3 is 15.1 Å². The number of piperazine rings is 1. The summed E-state index contributed by atoms with van der Waals surface area (Å²) >= 11 is 0. The number of likely N-dealkylation sites (tertiary alicyclic amines) is 1. The first-order valence-corrected chi connectivity index (χ1v) is 13.8. The van der Waals surface area contributed by atoms with Gasteiger partial charge in [0.05, 0.1) is 5.56 Å². The minimum atomic E-state index is -0.234. The molecule has 204 valence electrons. The van der Waals surface area contributed by atoms with E-state index < -0.39 is 0 Å². The van der Waals surface area contributed by atoms with Crippen LogP contribution in [-0.4, -0.2) is 83.4 Å². The van der Waals surface area contributed by atoms with E-state index in [4.69, 9.17) is 0 Å². The van der Waals surface area contributed by atoms with Crippen molar-refractivity contribution in [2.24, 2.45) is 0 Å². The molecular weight excluding hydrogens is 493 g/mol. The molecular formula is C31H36FN5O2. The summed E-state index contributed by atoms with van der Waals surface area (Å²) in [6, 6.07) is 20.5. The van der Waals surface area contributed by atoms with Gasteiger partial charge in [0.25, 0.3) is 11.8 Å². The van der Waals surface area contributed by atoms with E-state index in [9.17, 15) is 14.0 Å². The van der Waals surface area contributed by atoms with Gasteiger partial charge in [-0.2, -0.15) is 0 Å². The lowest BCUT2D eigenvalue weighted by Crippen LogP contribution is -2.48. The van der Waals surface area contributed by atoms with E-state index in [-0.39, 0.29) is 23.7 Å². The molecule has 1 N–H and O–H groups in total. The van der Waals surface area contributed by atoms with Crippen LogP contribution >= 0.6 is 0 Å². The van der Waals surface area contributed by atoms with Crippen molar-refractivity contribution in [3.8, 4) is 0 Å². The van der Waals surface area contributed by atoms with Gasteiger partial charge in [0.2, 0.25) is 0 Å². The van der Waals surface area contributed by atoms with E-state index in [0.717, 1.165) is 64.1 Å². The third-order valence-corrected chi connectivity index (χ3v) is 7.70. The SMILES string of the molecule is O=C(NC1CCN(CCc2ccccc2)CC1)c1ccc(C(=O)N2CCN(Cc3ccc(F)cc3)CC2)cn1. The zero-order chi connectivity index (χ0) is 27.0. The van der Waals surface area contributed by atoms with Crippen LogP contribution in [0.25, 0.3) is 0 Å². The van der Waals surface area contributed by atoms with Crippen molar-refractivity contribution < 1.29 is 14.0 Å². The molecule has 0 spiro atoms. The number of pyridine rings is 1. The number of halogens is 1. The summed E-state index contributed by atoms with van der Waals surface area (Å²) in [5.41, 5.74) is 3.24. The van der Waals surface area contributed by atoms with E-state index in [1.54, 1.807) is 24.3 Å². The molecule has 2 amide bonds. The predicted molar refractivity (Wildman–Crippen MR) is 149 cm³/mol. The summed E-state index contributed by atoms with van der Waals surface area (Å²) in [5.74, 6) is -0.494. The number of aromatic nitrogens is 1. The van der Waals surface area contributed by atoms with Gasteiger partial charge in [0.1, 0.15) is 11.5 Å². The number of nitrogens with zero attached hydrogens (tertiary/aromatic N) is 4. The molecule has 2 saturated heterocycles. The van der Waals surface area contributed by atoms with E-state index in [1.165, 1.54) is 23.9 Å². The van der Waals surface area contributed by atoms with Gasteiger partial charge in [-0.15, -0.1) is 0 Å². The first kappa shape index (κ1) is 27.0. The Morgan fingerprint density at radius 1 is 0.821 bits per heavy atom. The molecule has 0 radical (unpaired) electrons. The summed E-state index contributed by atoms with van der Waals surface area (Å²) in [7, 11) is 0. The molecule has 1 aromatic heterocycles. The summed E-state index contributed by atoms with van der Waals surface area (Å²) in [5, 5.41) is 3.12. The van der Waals surface area contributed by atoms with Crippen LogP contribution in [-0.2, 0) is 13.0 Å². The third-order valence-electron chi connectivity index (χ3n) is 7.70. The molecule has 3 aromatic rings. The number of carbonyl (C=O) groups is 2. The number of rotatable bonds is 8. The van der Waals surface area contributed by atoms with E-state index >= 15 is 0 Å². The highest BCUT2D eigenvalue weighted by molar-refractivity contribution is 5.96. The van der Waals surface area contributed by atoms with Crippen LogP contribution < -0.4 is 5.32 Å². The predicted octanol–water partition coefficient (Wildman–Crippen LogP) is 3.62. The molecule has 0 aliphatic carbocycles. The smallest absolute Gasteiger partial charge is 0.270 e. The van der Waals surface area contributed by atoms with E-state index in [1.807, 2.05) is 11.0 Å². The molecule has 39 heavy (non-hydrogen) atoms. The standard InChI is InChI=1S/C31H36FN5O2/c32-27-9-6-25(7-10-27)23-36-18-20-37(21-19-36)31(39)26-8-11-29(33-22-26)30(38)34-28-13-16-35(17-14-28)15-12-24-4-2-1-3-5-24/h1-11,22,28H,12-21,23H2,(H,34,38). The van der Waals surface area contributed by atoms with Crippen LogP contribution in [0.15, 0.2) is 72.9 Å². The molecule has 0 atom stereocenters. The number of carbonyl (C=O) groups excluding carboxylic acids is 2. The highest BCUT2D eigenvalue weighted by atomic mass is 19.1. The van der Waals surface area contributed by atoms with Crippen LogP contribution in [0.2, 0.25) is 0 Å². The van der Waals surface area contributed by atoms with Gasteiger partial charge >= 0.3 is 0 Å². The first-order chi connectivity index (χ1) is 19.0. The monoisotopic (exact) mass is 529 g/mol. The van der Waals surface area contributed by atoms with E-state index in [2.05, 4.69) is 44.4 Å². The minimum Gasteiger partial charge on any atom is -0.348 e. The Hall–Kier alpha value is -3.62. The zero-order valence-electron chi connectivity index (χ0n) is 22.3. The number of hydrogen-bond donors (Lipinski definition) is 1. The van der Waals surface area contributed by atoms with Gasteiger partial charge in [-0.1, -0.05) is 42.5 Å². The maximum Gasteiger partial charge on any atom is 0.270 e.